The van der Waals surface area contributed by atoms with Gasteiger partial charge < -0.3 is 4.57 Å². The summed E-state index contributed by atoms with van der Waals surface area (Å²) >= 11 is 0. The Bertz CT molecular complexity index is 1020. The van der Waals surface area contributed by atoms with Crippen molar-refractivity contribution in [1.82, 2.24) is 19.7 Å². The van der Waals surface area contributed by atoms with Gasteiger partial charge in [0, 0.05) is 11.9 Å². The number of aryl methyl sites for hydroxylation is 1. The third-order valence-electron chi connectivity index (χ3n) is 3.87. The molecule has 0 aliphatic rings. The van der Waals surface area contributed by atoms with Crippen molar-refractivity contribution < 1.29 is 0 Å². The third-order valence-corrected chi connectivity index (χ3v) is 3.87. The molecule has 4 rings (SSSR count). The lowest BCUT2D eigenvalue weighted by Gasteiger charge is -2.02. The minimum absolute atomic E-state index is 0.382. The number of anilines is 1. The molecule has 118 valence electrons. The van der Waals surface area contributed by atoms with Gasteiger partial charge in [0.1, 0.15) is 5.52 Å². The summed E-state index contributed by atoms with van der Waals surface area (Å²) < 4.78 is 2.13. The van der Waals surface area contributed by atoms with Crippen molar-refractivity contribution in [3.8, 4) is 0 Å². The first-order valence-corrected chi connectivity index (χ1v) is 7.82. The third kappa shape index (κ3) is 2.48. The zero-order chi connectivity index (χ0) is 16.4. The van der Waals surface area contributed by atoms with Crippen molar-refractivity contribution >= 4 is 34.2 Å². The molecule has 6 nitrogen and oxygen atoms in total. The highest BCUT2D eigenvalue weighted by atomic mass is 15.4. The molecule has 0 atom stereocenters. The van der Waals surface area contributed by atoms with Crippen LogP contribution in [0.2, 0.25) is 0 Å². The maximum absolute atomic E-state index is 4.58. The summed E-state index contributed by atoms with van der Waals surface area (Å²) in [6.45, 7) is 2.91. The van der Waals surface area contributed by atoms with Gasteiger partial charge >= 0.3 is 0 Å². The number of nitrogens with zero attached hydrogens (tertiary/aromatic N) is 5. The first-order chi connectivity index (χ1) is 11.9. The Morgan fingerprint density at radius 3 is 2.67 bits per heavy atom. The second kappa shape index (κ2) is 6.08. The van der Waals surface area contributed by atoms with Gasteiger partial charge in [0.25, 0.3) is 5.95 Å². The molecule has 0 aliphatic heterocycles. The van der Waals surface area contributed by atoms with Crippen LogP contribution >= 0.6 is 0 Å². The molecule has 24 heavy (non-hydrogen) atoms. The molecule has 0 radical (unpaired) electrons. The first-order valence-electron chi connectivity index (χ1n) is 7.82. The summed E-state index contributed by atoms with van der Waals surface area (Å²) in [6.07, 6.45) is 1.73. The molecule has 2 heterocycles. The van der Waals surface area contributed by atoms with Gasteiger partial charge in [-0.15, -0.1) is 10.2 Å². The van der Waals surface area contributed by atoms with E-state index in [9.17, 15) is 0 Å². The van der Waals surface area contributed by atoms with E-state index >= 15 is 0 Å². The quantitative estimate of drug-likeness (QED) is 0.462. The fourth-order valence-corrected chi connectivity index (χ4v) is 2.77. The van der Waals surface area contributed by atoms with Crippen molar-refractivity contribution in [3.05, 3.63) is 60.2 Å². The maximum Gasteiger partial charge on any atom is 0.265 e. The summed E-state index contributed by atoms with van der Waals surface area (Å²) in [4.78, 5) is 4.58. The number of nitrogens with one attached hydrogen (secondary N) is 1. The Labute approximate surface area is 138 Å². The highest BCUT2D eigenvalue weighted by Crippen LogP contribution is 2.25. The van der Waals surface area contributed by atoms with Crippen LogP contribution in [0, 0.1) is 0 Å². The van der Waals surface area contributed by atoms with Crippen LogP contribution in [0.5, 0.6) is 0 Å². The van der Waals surface area contributed by atoms with Crippen molar-refractivity contribution in [2.45, 2.75) is 13.5 Å². The van der Waals surface area contributed by atoms with Gasteiger partial charge in [-0.25, -0.2) is 5.43 Å². The lowest BCUT2D eigenvalue weighted by atomic mass is 10.2. The van der Waals surface area contributed by atoms with Crippen LogP contribution in [0.4, 0.5) is 5.95 Å². The van der Waals surface area contributed by atoms with E-state index < -0.39 is 0 Å². The van der Waals surface area contributed by atoms with Gasteiger partial charge in [-0.1, -0.05) is 48.5 Å². The maximum atomic E-state index is 4.58. The highest BCUT2D eigenvalue weighted by molar-refractivity contribution is 6.04. The van der Waals surface area contributed by atoms with E-state index in [1.54, 1.807) is 6.21 Å². The molecule has 0 bridgehead atoms. The van der Waals surface area contributed by atoms with E-state index in [4.69, 9.17) is 0 Å². The van der Waals surface area contributed by atoms with Gasteiger partial charge in [-0.05, 0) is 18.6 Å². The average molecular weight is 316 g/mol. The van der Waals surface area contributed by atoms with E-state index in [1.807, 2.05) is 48.5 Å². The van der Waals surface area contributed by atoms with Crippen molar-refractivity contribution in [3.63, 3.8) is 0 Å². The smallest absolute Gasteiger partial charge is 0.265 e. The molecule has 2 aromatic heterocycles. The van der Waals surface area contributed by atoms with Gasteiger partial charge in [0.15, 0.2) is 5.65 Å². The zero-order valence-corrected chi connectivity index (χ0v) is 13.2. The first kappa shape index (κ1) is 14.3. The number of hydrogen-bond acceptors (Lipinski definition) is 5. The standard InChI is InChI=1S/C18H16N6/c1-2-24-15-11-7-6-10-14(15)16-17(24)20-18(23-21-16)22-19-12-13-8-4-3-5-9-13/h3-12H,2H2,1H3,(H,20,22,23)/b19-12+. The Morgan fingerprint density at radius 1 is 1.04 bits per heavy atom. The van der Waals surface area contributed by atoms with E-state index in [0.29, 0.717) is 5.95 Å². The summed E-state index contributed by atoms with van der Waals surface area (Å²) in [7, 11) is 0. The number of hydrazone groups is 1. The minimum Gasteiger partial charge on any atom is -0.324 e. The fourth-order valence-electron chi connectivity index (χ4n) is 2.77. The van der Waals surface area contributed by atoms with Crippen LogP contribution in [0.15, 0.2) is 59.7 Å². The molecular formula is C18H16N6. The monoisotopic (exact) mass is 316 g/mol. The van der Waals surface area contributed by atoms with Gasteiger partial charge in [-0.3, -0.25) is 0 Å². The largest absolute Gasteiger partial charge is 0.324 e. The van der Waals surface area contributed by atoms with Crippen molar-refractivity contribution in [1.29, 1.82) is 0 Å². The van der Waals surface area contributed by atoms with Gasteiger partial charge in [-0.2, -0.15) is 10.1 Å². The lowest BCUT2D eigenvalue weighted by molar-refractivity contribution is 0.811. The van der Waals surface area contributed by atoms with Crippen LogP contribution < -0.4 is 5.43 Å². The minimum atomic E-state index is 0.382. The number of aromatic nitrogens is 4. The molecule has 4 aromatic rings. The Balaban J connectivity index is 1.70. The number of para-hydroxylation sites is 1. The van der Waals surface area contributed by atoms with Gasteiger partial charge in [0.2, 0.25) is 0 Å². The molecule has 0 spiro atoms. The molecule has 6 heteroatoms. The molecule has 2 aromatic carbocycles. The van der Waals surface area contributed by atoms with Crippen LogP contribution in [0.3, 0.4) is 0 Å². The topological polar surface area (TPSA) is 68.0 Å². The number of benzene rings is 2. The van der Waals surface area contributed by atoms with E-state index in [1.165, 1.54) is 0 Å². The second-order valence-corrected chi connectivity index (χ2v) is 5.35. The number of rotatable bonds is 4. The SMILES string of the molecule is CCn1c2ccccc2c2nnc(N/N=C/c3ccccc3)nc21. The molecule has 0 saturated heterocycles. The average Bonchev–Trinajstić information content (AvgIpc) is 2.95. The highest BCUT2D eigenvalue weighted by Gasteiger charge is 2.13. The summed E-state index contributed by atoms with van der Waals surface area (Å²) in [5.41, 5.74) is 6.59. The van der Waals surface area contributed by atoms with Crippen molar-refractivity contribution in [2.24, 2.45) is 5.10 Å². The zero-order valence-electron chi connectivity index (χ0n) is 13.2. The molecule has 0 fully saturated rings. The summed E-state index contributed by atoms with van der Waals surface area (Å²) in [5.74, 6) is 0.382. The van der Waals surface area contributed by atoms with Gasteiger partial charge in [0.05, 0.1) is 11.7 Å². The Morgan fingerprint density at radius 2 is 1.83 bits per heavy atom. The van der Waals surface area contributed by atoms with Crippen LogP contribution in [-0.4, -0.2) is 26.0 Å². The van der Waals surface area contributed by atoms with E-state index in [2.05, 4.69) is 43.3 Å². The molecule has 0 amide bonds. The fraction of sp³-hybridized carbons (Fsp3) is 0.111. The van der Waals surface area contributed by atoms with Crippen LogP contribution in [0.1, 0.15) is 12.5 Å². The summed E-state index contributed by atoms with van der Waals surface area (Å²) in [6, 6.07) is 18.0. The molecule has 0 saturated carbocycles. The normalized spacial score (nSPS) is 11.5. The Hall–Kier alpha value is -3.28. The van der Waals surface area contributed by atoms with E-state index in [-0.39, 0.29) is 0 Å². The predicted molar refractivity (Wildman–Crippen MR) is 96.2 cm³/mol. The summed E-state index contributed by atoms with van der Waals surface area (Å²) in [5, 5.41) is 13.7. The van der Waals surface area contributed by atoms with Crippen LogP contribution in [-0.2, 0) is 6.54 Å². The number of fused-ring (bicyclic) bond motifs is 3. The lowest BCUT2D eigenvalue weighted by Crippen LogP contribution is -2.02. The predicted octanol–water partition coefficient (Wildman–Crippen LogP) is 3.45. The Kier molecular flexibility index (Phi) is 3.63. The second-order valence-electron chi connectivity index (χ2n) is 5.35. The molecule has 1 N–H and O–H groups in total. The molecular weight excluding hydrogens is 300 g/mol. The van der Waals surface area contributed by atoms with Crippen molar-refractivity contribution in [2.75, 3.05) is 5.43 Å². The molecule has 0 unspecified atom stereocenters. The van der Waals surface area contributed by atoms with E-state index in [0.717, 1.165) is 34.2 Å². The molecule has 0 aliphatic carbocycles. The van der Waals surface area contributed by atoms with Crippen LogP contribution in [0.25, 0.3) is 22.1 Å². The number of hydrogen-bond donors (Lipinski definition) is 1.